The molecular weight excluding hydrogens is 492 g/mol. The zero-order valence-electron chi connectivity index (χ0n) is 17.5. The molecule has 0 atom stereocenters. The Kier molecular flexibility index (Phi) is 6.48. The van der Waals surface area contributed by atoms with Crippen LogP contribution in [-0.4, -0.2) is 50.4 Å². The quantitative estimate of drug-likeness (QED) is 0.557. The third kappa shape index (κ3) is 4.94. The minimum Gasteiger partial charge on any atom is -0.353 e. The highest BCUT2D eigenvalue weighted by molar-refractivity contribution is 9.10. The van der Waals surface area contributed by atoms with Crippen molar-refractivity contribution in [3.63, 3.8) is 0 Å². The van der Waals surface area contributed by atoms with E-state index in [1.165, 1.54) is 12.1 Å². The molecule has 0 aliphatic carbocycles. The van der Waals surface area contributed by atoms with Crippen molar-refractivity contribution in [3.05, 3.63) is 82.5 Å². The molecule has 1 aliphatic heterocycles. The van der Waals surface area contributed by atoms with Crippen molar-refractivity contribution < 1.29 is 13.2 Å². The summed E-state index contributed by atoms with van der Waals surface area (Å²) in [7, 11) is -3.85. The number of hydrogen-bond donors (Lipinski definition) is 1. The summed E-state index contributed by atoms with van der Waals surface area (Å²) in [5, 5.41) is 0. The number of carbonyl (C=O) groups is 1. The van der Waals surface area contributed by atoms with Crippen LogP contribution in [-0.2, 0) is 10.0 Å². The molecule has 1 N–H and O–H groups in total. The molecule has 1 aliphatic rings. The van der Waals surface area contributed by atoms with Gasteiger partial charge in [0.05, 0.1) is 10.6 Å². The molecule has 0 saturated carbocycles. The van der Waals surface area contributed by atoms with Crippen LogP contribution in [0.2, 0.25) is 0 Å². The number of aromatic nitrogens is 1. The van der Waals surface area contributed by atoms with E-state index in [-0.39, 0.29) is 10.8 Å². The molecule has 0 spiro atoms. The molecule has 2 aromatic carbocycles. The second-order valence-electron chi connectivity index (χ2n) is 7.58. The van der Waals surface area contributed by atoms with Crippen molar-refractivity contribution in [2.45, 2.75) is 11.8 Å². The standard InChI is InChI=1S/C23H23BrN4O3S/c1-17-8-9-20(24)21(15-17)26-32(30,31)19-6-4-5-18(16-19)23(29)28-13-11-27(12-14-28)22-7-2-3-10-25-22/h2-10,15-16,26H,11-14H2,1H3. The second kappa shape index (κ2) is 9.30. The summed E-state index contributed by atoms with van der Waals surface area (Å²) in [6.45, 7) is 4.31. The van der Waals surface area contributed by atoms with Gasteiger partial charge in [0.25, 0.3) is 15.9 Å². The summed E-state index contributed by atoms with van der Waals surface area (Å²) in [5.41, 5.74) is 1.73. The molecule has 1 aromatic heterocycles. The third-order valence-corrected chi connectivity index (χ3v) is 7.35. The Hall–Kier alpha value is -2.91. The number of nitrogens with one attached hydrogen (secondary N) is 1. The molecule has 0 unspecified atom stereocenters. The minimum atomic E-state index is -3.85. The number of sulfonamides is 1. The Morgan fingerprint density at radius 3 is 2.50 bits per heavy atom. The topological polar surface area (TPSA) is 82.6 Å². The van der Waals surface area contributed by atoms with Gasteiger partial charge in [0.1, 0.15) is 5.82 Å². The Morgan fingerprint density at radius 2 is 1.78 bits per heavy atom. The molecule has 1 fully saturated rings. The van der Waals surface area contributed by atoms with E-state index in [1.807, 2.05) is 31.2 Å². The molecule has 4 rings (SSSR count). The smallest absolute Gasteiger partial charge is 0.261 e. The monoisotopic (exact) mass is 514 g/mol. The average Bonchev–Trinajstić information content (AvgIpc) is 2.81. The van der Waals surface area contributed by atoms with E-state index in [4.69, 9.17) is 0 Å². The summed E-state index contributed by atoms with van der Waals surface area (Å²) in [6.07, 6.45) is 1.75. The van der Waals surface area contributed by atoms with Gasteiger partial charge in [0, 0.05) is 42.4 Å². The van der Waals surface area contributed by atoms with Gasteiger partial charge in [-0.2, -0.15) is 0 Å². The predicted molar refractivity (Wildman–Crippen MR) is 128 cm³/mol. The van der Waals surface area contributed by atoms with E-state index in [9.17, 15) is 13.2 Å². The minimum absolute atomic E-state index is 0.0453. The zero-order valence-corrected chi connectivity index (χ0v) is 19.9. The molecule has 166 valence electrons. The highest BCUT2D eigenvalue weighted by Crippen LogP contribution is 2.26. The average molecular weight is 515 g/mol. The number of amides is 1. The highest BCUT2D eigenvalue weighted by atomic mass is 79.9. The molecule has 7 nitrogen and oxygen atoms in total. The number of aryl methyl sites for hydroxylation is 1. The van der Waals surface area contributed by atoms with Gasteiger partial charge in [-0.25, -0.2) is 13.4 Å². The molecule has 32 heavy (non-hydrogen) atoms. The number of pyridine rings is 1. The first kappa shape index (κ1) is 22.3. The Morgan fingerprint density at radius 1 is 1.00 bits per heavy atom. The van der Waals surface area contributed by atoms with Crippen molar-refractivity contribution in [2.24, 2.45) is 0 Å². The summed E-state index contributed by atoms with van der Waals surface area (Å²) in [6, 6.07) is 17.3. The van der Waals surface area contributed by atoms with E-state index in [0.717, 1.165) is 11.4 Å². The molecule has 2 heterocycles. The van der Waals surface area contributed by atoms with Crippen LogP contribution in [0.1, 0.15) is 15.9 Å². The van der Waals surface area contributed by atoms with Crippen molar-refractivity contribution in [1.29, 1.82) is 0 Å². The molecule has 9 heteroatoms. The number of carbonyl (C=O) groups excluding carboxylic acids is 1. The van der Waals surface area contributed by atoms with E-state index in [2.05, 4.69) is 30.5 Å². The SMILES string of the molecule is Cc1ccc(Br)c(NS(=O)(=O)c2cccc(C(=O)N3CCN(c4ccccn4)CC3)c2)c1. The van der Waals surface area contributed by atoms with Gasteiger partial charge < -0.3 is 9.80 Å². The van der Waals surface area contributed by atoms with Crippen molar-refractivity contribution >= 4 is 43.4 Å². The number of rotatable bonds is 5. The van der Waals surface area contributed by atoms with E-state index >= 15 is 0 Å². The number of benzene rings is 2. The van der Waals surface area contributed by atoms with Crippen LogP contribution in [0.4, 0.5) is 11.5 Å². The van der Waals surface area contributed by atoms with Crippen LogP contribution in [0.15, 0.2) is 76.2 Å². The Bertz CT molecular complexity index is 1230. The molecule has 1 amide bonds. The summed E-state index contributed by atoms with van der Waals surface area (Å²) in [4.78, 5) is 21.3. The Labute approximate surface area is 196 Å². The van der Waals surface area contributed by atoms with Crippen LogP contribution in [0, 0.1) is 6.92 Å². The first-order valence-corrected chi connectivity index (χ1v) is 12.5. The van der Waals surface area contributed by atoms with Crippen molar-refractivity contribution in [2.75, 3.05) is 35.8 Å². The van der Waals surface area contributed by atoms with E-state index in [1.54, 1.807) is 35.4 Å². The van der Waals surface area contributed by atoms with Crippen LogP contribution >= 0.6 is 15.9 Å². The maximum absolute atomic E-state index is 13.0. The predicted octanol–water partition coefficient (Wildman–Crippen LogP) is 3.92. The van der Waals surface area contributed by atoms with Gasteiger partial charge in [-0.1, -0.05) is 18.2 Å². The zero-order chi connectivity index (χ0) is 22.7. The number of hydrogen-bond acceptors (Lipinski definition) is 5. The van der Waals surface area contributed by atoms with Gasteiger partial charge >= 0.3 is 0 Å². The fourth-order valence-electron chi connectivity index (χ4n) is 3.58. The highest BCUT2D eigenvalue weighted by Gasteiger charge is 2.24. The molecule has 0 bridgehead atoms. The Balaban J connectivity index is 1.48. The fraction of sp³-hybridized carbons (Fsp3) is 0.217. The van der Waals surface area contributed by atoms with Crippen molar-refractivity contribution in [3.8, 4) is 0 Å². The van der Waals surface area contributed by atoms with E-state index in [0.29, 0.717) is 41.9 Å². The largest absolute Gasteiger partial charge is 0.353 e. The second-order valence-corrected chi connectivity index (χ2v) is 10.1. The normalized spacial score (nSPS) is 14.3. The first-order valence-electron chi connectivity index (χ1n) is 10.2. The number of nitrogens with zero attached hydrogens (tertiary/aromatic N) is 3. The lowest BCUT2D eigenvalue weighted by Gasteiger charge is -2.35. The summed E-state index contributed by atoms with van der Waals surface area (Å²) < 4.78 is 29.1. The van der Waals surface area contributed by atoms with Crippen LogP contribution in [0.3, 0.4) is 0 Å². The molecular formula is C23H23BrN4O3S. The van der Waals surface area contributed by atoms with Gasteiger partial charge in [-0.15, -0.1) is 0 Å². The number of halogens is 1. The van der Waals surface area contributed by atoms with Gasteiger partial charge in [0.2, 0.25) is 0 Å². The lowest BCUT2D eigenvalue weighted by atomic mass is 10.2. The summed E-state index contributed by atoms with van der Waals surface area (Å²) >= 11 is 3.37. The van der Waals surface area contributed by atoms with Gasteiger partial charge in [0.15, 0.2) is 0 Å². The fourth-order valence-corrected chi connectivity index (χ4v) is 5.17. The summed E-state index contributed by atoms with van der Waals surface area (Å²) in [5.74, 6) is 0.709. The van der Waals surface area contributed by atoms with Gasteiger partial charge in [-0.05, 0) is 70.9 Å². The van der Waals surface area contributed by atoms with Gasteiger partial charge in [-0.3, -0.25) is 9.52 Å². The first-order chi connectivity index (χ1) is 15.3. The number of anilines is 2. The maximum atomic E-state index is 13.0. The van der Waals surface area contributed by atoms with Crippen LogP contribution < -0.4 is 9.62 Å². The molecule has 3 aromatic rings. The number of piperazine rings is 1. The van der Waals surface area contributed by atoms with Crippen LogP contribution in [0.25, 0.3) is 0 Å². The maximum Gasteiger partial charge on any atom is 0.261 e. The molecule has 1 saturated heterocycles. The third-order valence-electron chi connectivity index (χ3n) is 5.30. The van der Waals surface area contributed by atoms with Crippen molar-refractivity contribution in [1.82, 2.24) is 9.88 Å². The van der Waals surface area contributed by atoms with E-state index < -0.39 is 10.0 Å². The molecule has 0 radical (unpaired) electrons. The van der Waals surface area contributed by atoms with Crippen LogP contribution in [0.5, 0.6) is 0 Å². The lowest BCUT2D eigenvalue weighted by molar-refractivity contribution is 0.0746. The lowest BCUT2D eigenvalue weighted by Crippen LogP contribution is -2.49.